The number of methoxy groups -OCH3 is 1. The van der Waals surface area contributed by atoms with Crippen LogP contribution in [-0.4, -0.2) is 12.3 Å². The highest BCUT2D eigenvalue weighted by molar-refractivity contribution is 9.10. The second-order valence-electron chi connectivity index (χ2n) is 4.07. The molecule has 0 aliphatic heterocycles. The van der Waals surface area contributed by atoms with Gasteiger partial charge in [-0.2, -0.15) is 0 Å². The molecule has 0 spiro atoms. The van der Waals surface area contributed by atoms with E-state index in [4.69, 9.17) is 19.4 Å². The van der Waals surface area contributed by atoms with Crippen LogP contribution in [0, 0.1) is 0 Å². The molecule has 6 heteroatoms. The van der Waals surface area contributed by atoms with Gasteiger partial charge in [-0.3, -0.25) is 0 Å². The van der Waals surface area contributed by atoms with E-state index in [2.05, 4.69) is 21.1 Å². The number of furan rings is 1. The van der Waals surface area contributed by atoms with Crippen molar-refractivity contribution < 1.29 is 13.7 Å². The number of nitrogens with zero attached hydrogens (tertiary/aromatic N) is 1. The maximum Gasteiger partial charge on any atom is 0.230 e. The van der Waals surface area contributed by atoms with Crippen LogP contribution in [0.1, 0.15) is 0 Å². The monoisotopic (exact) mass is 334 g/mol. The quantitative estimate of drug-likeness (QED) is 0.784. The second kappa shape index (κ2) is 5.05. The molecule has 0 saturated carbocycles. The molecule has 2 N–H and O–H groups in total. The number of hydrogen-bond donors (Lipinski definition) is 1. The first kappa shape index (κ1) is 12.8. The molecular formula is C14H11BrN2O3. The lowest BCUT2D eigenvalue weighted by Crippen LogP contribution is -1.91. The number of nitrogen functional groups attached to an aromatic ring is 1. The van der Waals surface area contributed by atoms with E-state index in [0.29, 0.717) is 27.4 Å². The lowest BCUT2D eigenvalue weighted by molar-refractivity contribution is 0.416. The van der Waals surface area contributed by atoms with Gasteiger partial charge in [0.05, 0.1) is 12.7 Å². The Labute approximate surface area is 123 Å². The van der Waals surface area contributed by atoms with Gasteiger partial charge in [-0.15, -0.1) is 0 Å². The molecule has 5 nitrogen and oxygen atoms in total. The summed E-state index contributed by atoms with van der Waals surface area (Å²) in [5.41, 5.74) is 7.90. The van der Waals surface area contributed by atoms with Gasteiger partial charge in [0.1, 0.15) is 5.75 Å². The molecule has 102 valence electrons. The largest absolute Gasteiger partial charge is 0.496 e. The molecule has 3 aromatic rings. The minimum atomic E-state index is 0.219. The minimum absolute atomic E-state index is 0.219. The standard InChI is InChI=1S/C14H11BrN2O3/c1-18-9-5-3-2-4-8(9)12-13(17-20-14(12)16)10-6-7-11(15)19-10/h2-7H,16H2,1H3. The van der Waals surface area contributed by atoms with Crippen LogP contribution in [0.2, 0.25) is 0 Å². The Morgan fingerprint density at radius 1 is 1.20 bits per heavy atom. The number of halogens is 1. The van der Waals surface area contributed by atoms with Crippen molar-refractivity contribution in [1.82, 2.24) is 5.16 Å². The van der Waals surface area contributed by atoms with Gasteiger partial charge in [-0.25, -0.2) is 0 Å². The van der Waals surface area contributed by atoms with Crippen LogP contribution in [0.4, 0.5) is 5.88 Å². The number of ether oxygens (including phenoxy) is 1. The summed E-state index contributed by atoms with van der Waals surface area (Å²) in [6, 6.07) is 11.1. The van der Waals surface area contributed by atoms with Gasteiger partial charge < -0.3 is 19.4 Å². The van der Waals surface area contributed by atoms with E-state index in [1.807, 2.05) is 24.3 Å². The van der Waals surface area contributed by atoms with Crippen molar-refractivity contribution in [2.24, 2.45) is 0 Å². The van der Waals surface area contributed by atoms with Crippen molar-refractivity contribution >= 4 is 21.8 Å². The molecule has 3 rings (SSSR count). The summed E-state index contributed by atoms with van der Waals surface area (Å²) < 4.78 is 16.6. The molecule has 0 amide bonds. The van der Waals surface area contributed by atoms with Crippen molar-refractivity contribution in [3.05, 3.63) is 41.1 Å². The lowest BCUT2D eigenvalue weighted by atomic mass is 10.0. The molecule has 2 aromatic heterocycles. The van der Waals surface area contributed by atoms with Crippen molar-refractivity contribution in [2.75, 3.05) is 12.8 Å². The topological polar surface area (TPSA) is 74.4 Å². The van der Waals surface area contributed by atoms with E-state index in [1.165, 1.54) is 0 Å². The van der Waals surface area contributed by atoms with E-state index in [1.54, 1.807) is 19.2 Å². The normalized spacial score (nSPS) is 10.7. The van der Waals surface area contributed by atoms with Gasteiger partial charge in [0.15, 0.2) is 16.1 Å². The zero-order valence-corrected chi connectivity index (χ0v) is 12.2. The second-order valence-corrected chi connectivity index (χ2v) is 4.86. The van der Waals surface area contributed by atoms with Gasteiger partial charge in [0.2, 0.25) is 5.88 Å². The fourth-order valence-corrected chi connectivity index (χ4v) is 2.33. The number of para-hydroxylation sites is 1. The zero-order chi connectivity index (χ0) is 14.1. The minimum Gasteiger partial charge on any atom is -0.496 e. The van der Waals surface area contributed by atoms with E-state index >= 15 is 0 Å². The van der Waals surface area contributed by atoms with Crippen molar-refractivity contribution in [3.63, 3.8) is 0 Å². The maximum atomic E-state index is 5.90. The third-order valence-electron chi connectivity index (χ3n) is 2.90. The predicted octanol–water partition coefficient (Wildman–Crippen LogP) is 3.95. The Hall–Kier alpha value is -2.21. The molecule has 0 fully saturated rings. The molecule has 0 radical (unpaired) electrons. The summed E-state index contributed by atoms with van der Waals surface area (Å²) >= 11 is 3.26. The third kappa shape index (κ3) is 2.08. The van der Waals surface area contributed by atoms with Crippen molar-refractivity contribution in [2.45, 2.75) is 0 Å². The number of benzene rings is 1. The van der Waals surface area contributed by atoms with Gasteiger partial charge in [0, 0.05) is 5.56 Å². The van der Waals surface area contributed by atoms with Crippen LogP contribution in [0.15, 0.2) is 50.0 Å². The molecule has 2 heterocycles. The van der Waals surface area contributed by atoms with Crippen LogP contribution in [0.25, 0.3) is 22.6 Å². The van der Waals surface area contributed by atoms with Crippen molar-refractivity contribution in [1.29, 1.82) is 0 Å². The fraction of sp³-hybridized carbons (Fsp3) is 0.0714. The van der Waals surface area contributed by atoms with E-state index in [0.717, 1.165) is 5.56 Å². The Balaban J connectivity index is 2.21. The molecular weight excluding hydrogens is 324 g/mol. The summed E-state index contributed by atoms with van der Waals surface area (Å²) in [6.45, 7) is 0. The van der Waals surface area contributed by atoms with Gasteiger partial charge >= 0.3 is 0 Å². The fourth-order valence-electron chi connectivity index (χ4n) is 2.02. The van der Waals surface area contributed by atoms with Gasteiger partial charge in [0.25, 0.3) is 0 Å². The highest BCUT2D eigenvalue weighted by Crippen LogP contribution is 2.41. The summed E-state index contributed by atoms with van der Waals surface area (Å²) in [4.78, 5) is 0. The Morgan fingerprint density at radius 3 is 2.70 bits per heavy atom. The van der Waals surface area contributed by atoms with Crippen LogP contribution in [0.5, 0.6) is 5.75 Å². The SMILES string of the molecule is COc1ccccc1-c1c(-c2ccc(Br)o2)noc1N. The molecule has 0 bridgehead atoms. The Morgan fingerprint density at radius 2 is 2.00 bits per heavy atom. The van der Waals surface area contributed by atoms with Crippen LogP contribution in [0.3, 0.4) is 0 Å². The number of anilines is 1. The molecule has 20 heavy (non-hydrogen) atoms. The first-order valence-corrected chi connectivity index (χ1v) is 6.64. The van der Waals surface area contributed by atoms with Crippen molar-refractivity contribution in [3.8, 4) is 28.3 Å². The highest BCUT2D eigenvalue weighted by atomic mass is 79.9. The summed E-state index contributed by atoms with van der Waals surface area (Å²) in [7, 11) is 1.60. The number of hydrogen-bond acceptors (Lipinski definition) is 5. The van der Waals surface area contributed by atoms with Crippen LogP contribution < -0.4 is 10.5 Å². The summed E-state index contributed by atoms with van der Waals surface area (Å²) in [6.07, 6.45) is 0. The first-order valence-electron chi connectivity index (χ1n) is 5.85. The molecule has 1 aromatic carbocycles. The number of rotatable bonds is 3. The summed E-state index contributed by atoms with van der Waals surface area (Å²) in [5.74, 6) is 1.48. The lowest BCUT2D eigenvalue weighted by Gasteiger charge is -2.07. The third-order valence-corrected chi connectivity index (χ3v) is 3.33. The summed E-state index contributed by atoms with van der Waals surface area (Å²) in [5, 5.41) is 3.98. The predicted molar refractivity (Wildman–Crippen MR) is 78.3 cm³/mol. The zero-order valence-electron chi connectivity index (χ0n) is 10.6. The number of aromatic nitrogens is 1. The van der Waals surface area contributed by atoms with Gasteiger partial charge in [-0.05, 0) is 34.1 Å². The maximum absolute atomic E-state index is 5.90. The Kier molecular flexibility index (Phi) is 3.23. The van der Waals surface area contributed by atoms with E-state index in [9.17, 15) is 0 Å². The highest BCUT2D eigenvalue weighted by Gasteiger charge is 2.22. The molecule has 0 aliphatic carbocycles. The van der Waals surface area contributed by atoms with Gasteiger partial charge in [-0.1, -0.05) is 23.4 Å². The average Bonchev–Trinajstić information content (AvgIpc) is 3.04. The molecule has 0 aliphatic rings. The van der Waals surface area contributed by atoms with E-state index < -0.39 is 0 Å². The van der Waals surface area contributed by atoms with E-state index in [-0.39, 0.29) is 5.88 Å². The average molecular weight is 335 g/mol. The smallest absolute Gasteiger partial charge is 0.230 e. The number of nitrogens with two attached hydrogens (primary N) is 1. The van der Waals surface area contributed by atoms with Crippen LogP contribution >= 0.6 is 15.9 Å². The first-order chi connectivity index (χ1) is 9.70. The molecule has 0 unspecified atom stereocenters. The molecule has 0 saturated heterocycles. The van der Waals surface area contributed by atoms with Crippen LogP contribution in [-0.2, 0) is 0 Å². The Bertz CT molecular complexity index is 748. The molecule has 0 atom stereocenters.